The Kier molecular flexibility index (Phi) is 3.87. The monoisotopic (exact) mass is 349 g/mol. The maximum atomic E-state index is 6.11. The predicted molar refractivity (Wildman–Crippen MR) is 101 cm³/mol. The summed E-state index contributed by atoms with van der Waals surface area (Å²) in [5.41, 5.74) is 2.27. The highest BCUT2D eigenvalue weighted by Crippen LogP contribution is 2.31. The van der Waals surface area contributed by atoms with E-state index in [1.165, 1.54) is 5.56 Å². The van der Waals surface area contributed by atoms with Gasteiger partial charge in [0.15, 0.2) is 0 Å². The topological polar surface area (TPSA) is 57.3 Å². The summed E-state index contributed by atoms with van der Waals surface area (Å²) in [5, 5.41) is 1.09. The number of morpholine rings is 1. The molecule has 0 aliphatic carbocycles. The molecule has 0 saturated carbocycles. The number of nitrogens with zero attached hydrogens (tertiary/aromatic N) is 4. The molecule has 1 aromatic carbocycles. The second-order valence-electron chi connectivity index (χ2n) is 7.17. The number of anilines is 1. The van der Waals surface area contributed by atoms with Crippen molar-refractivity contribution in [3.8, 4) is 0 Å². The van der Waals surface area contributed by atoms with Gasteiger partial charge in [-0.25, -0.2) is 9.97 Å². The summed E-state index contributed by atoms with van der Waals surface area (Å²) < 4.78 is 6.11. The van der Waals surface area contributed by atoms with Crippen molar-refractivity contribution in [2.75, 3.05) is 31.1 Å². The number of ether oxygens (including phenoxy) is 1. The number of aromatic nitrogens is 3. The maximum Gasteiger partial charge on any atom is 0.143 e. The third kappa shape index (κ3) is 2.75. The molecule has 5 rings (SSSR count). The second kappa shape index (κ2) is 6.37. The van der Waals surface area contributed by atoms with Gasteiger partial charge in [0.2, 0.25) is 0 Å². The van der Waals surface area contributed by atoms with E-state index in [1.807, 2.05) is 13.1 Å². The quantitative estimate of drug-likeness (QED) is 0.787. The van der Waals surface area contributed by atoms with Crippen LogP contribution in [0.15, 0.2) is 42.6 Å². The van der Waals surface area contributed by atoms with Gasteiger partial charge in [-0.15, -0.1) is 0 Å². The number of fused-ring (bicyclic) bond motifs is 2. The van der Waals surface area contributed by atoms with Crippen LogP contribution in [0.3, 0.4) is 0 Å². The van der Waals surface area contributed by atoms with Crippen LogP contribution >= 0.6 is 0 Å². The molecule has 2 atom stereocenters. The molecule has 0 amide bonds. The molecular weight excluding hydrogens is 326 g/mol. The second-order valence-corrected chi connectivity index (χ2v) is 7.17. The van der Waals surface area contributed by atoms with E-state index in [-0.39, 0.29) is 6.10 Å². The van der Waals surface area contributed by atoms with Crippen molar-refractivity contribution in [3.63, 3.8) is 0 Å². The van der Waals surface area contributed by atoms with Crippen molar-refractivity contribution >= 4 is 16.9 Å². The fourth-order valence-corrected chi connectivity index (χ4v) is 4.22. The Balaban J connectivity index is 1.41. The Labute approximate surface area is 152 Å². The molecule has 0 unspecified atom stereocenters. The molecule has 2 aromatic heterocycles. The summed E-state index contributed by atoms with van der Waals surface area (Å²) in [6.07, 6.45) is 2.17. The van der Waals surface area contributed by atoms with Gasteiger partial charge < -0.3 is 14.6 Å². The SMILES string of the molecule is Cc1nc(N2C[C@@H]3[C@@H](C2)OCCN3Cc2ccccc2)c2cc[nH]c2n1. The molecular formula is C20H23N5O. The Morgan fingerprint density at radius 1 is 1.15 bits per heavy atom. The van der Waals surface area contributed by atoms with E-state index in [0.29, 0.717) is 6.04 Å². The lowest BCUT2D eigenvalue weighted by atomic mass is 10.1. The van der Waals surface area contributed by atoms with Crippen LogP contribution in [0, 0.1) is 6.92 Å². The number of benzene rings is 1. The van der Waals surface area contributed by atoms with Crippen LogP contribution in [-0.4, -0.2) is 58.2 Å². The summed E-state index contributed by atoms with van der Waals surface area (Å²) in [5.74, 6) is 1.82. The lowest BCUT2D eigenvalue weighted by Gasteiger charge is -2.36. The lowest BCUT2D eigenvalue weighted by Crippen LogP contribution is -2.50. The van der Waals surface area contributed by atoms with E-state index in [1.54, 1.807) is 0 Å². The Bertz CT molecular complexity index is 909. The number of rotatable bonds is 3. The van der Waals surface area contributed by atoms with Gasteiger partial charge in [0.1, 0.15) is 17.3 Å². The minimum absolute atomic E-state index is 0.233. The van der Waals surface area contributed by atoms with Crippen LogP contribution in [0.2, 0.25) is 0 Å². The number of aryl methyl sites for hydroxylation is 1. The molecule has 2 fully saturated rings. The fourth-order valence-electron chi connectivity index (χ4n) is 4.22. The maximum absolute atomic E-state index is 6.11. The molecule has 2 aliphatic rings. The first kappa shape index (κ1) is 15.8. The molecule has 3 aromatic rings. The normalized spacial score (nSPS) is 23.5. The number of nitrogens with one attached hydrogen (secondary N) is 1. The summed E-state index contributed by atoms with van der Waals surface area (Å²) in [4.78, 5) is 17.4. The average Bonchev–Trinajstić information content (AvgIpc) is 3.29. The number of aromatic amines is 1. The third-order valence-electron chi connectivity index (χ3n) is 5.45. The molecule has 0 bridgehead atoms. The minimum atomic E-state index is 0.233. The van der Waals surface area contributed by atoms with Crippen molar-refractivity contribution in [1.29, 1.82) is 0 Å². The zero-order chi connectivity index (χ0) is 17.5. The van der Waals surface area contributed by atoms with Crippen molar-refractivity contribution < 1.29 is 4.74 Å². The standard InChI is InChI=1S/C20H23N5O/c1-14-22-19-16(7-8-21-19)20(23-14)25-12-17-18(13-25)26-10-9-24(17)11-15-5-3-2-4-6-15/h2-8,17-18H,9-13H2,1H3,(H,21,22,23)/t17-,18-/m1/s1. The zero-order valence-electron chi connectivity index (χ0n) is 14.9. The molecule has 26 heavy (non-hydrogen) atoms. The Morgan fingerprint density at radius 2 is 2.04 bits per heavy atom. The van der Waals surface area contributed by atoms with Gasteiger partial charge in [-0.1, -0.05) is 30.3 Å². The Morgan fingerprint density at radius 3 is 2.92 bits per heavy atom. The fraction of sp³-hybridized carbons (Fsp3) is 0.400. The molecule has 0 radical (unpaired) electrons. The third-order valence-corrected chi connectivity index (χ3v) is 5.45. The molecule has 4 heterocycles. The molecule has 134 valence electrons. The number of H-pyrrole nitrogens is 1. The van der Waals surface area contributed by atoms with Crippen molar-refractivity contribution in [3.05, 3.63) is 54.0 Å². The summed E-state index contributed by atoms with van der Waals surface area (Å²) in [6, 6.07) is 13.2. The van der Waals surface area contributed by atoms with Crippen LogP contribution in [-0.2, 0) is 11.3 Å². The molecule has 2 aliphatic heterocycles. The zero-order valence-corrected chi connectivity index (χ0v) is 14.9. The van der Waals surface area contributed by atoms with Crippen molar-refractivity contribution in [2.24, 2.45) is 0 Å². The highest BCUT2D eigenvalue weighted by molar-refractivity contribution is 5.87. The van der Waals surface area contributed by atoms with Crippen LogP contribution in [0.5, 0.6) is 0 Å². The van der Waals surface area contributed by atoms with Crippen LogP contribution in [0.1, 0.15) is 11.4 Å². The van der Waals surface area contributed by atoms with Gasteiger partial charge in [-0.2, -0.15) is 0 Å². The highest BCUT2D eigenvalue weighted by atomic mass is 16.5. The van der Waals surface area contributed by atoms with E-state index in [4.69, 9.17) is 9.72 Å². The first-order valence-electron chi connectivity index (χ1n) is 9.24. The minimum Gasteiger partial charge on any atom is -0.373 e. The van der Waals surface area contributed by atoms with Crippen molar-refractivity contribution in [2.45, 2.75) is 25.6 Å². The van der Waals surface area contributed by atoms with Gasteiger partial charge in [-0.05, 0) is 18.6 Å². The molecule has 0 spiro atoms. The van der Waals surface area contributed by atoms with Gasteiger partial charge in [0.05, 0.1) is 24.1 Å². The van der Waals surface area contributed by atoms with E-state index < -0.39 is 0 Å². The molecule has 6 heteroatoms. The molecule has 6 nitrogen and oxygen atoms in total. The van der Waals surface area contributed by atoms with Gasteiger partial charge >= 0.3 is 0 Å². The molecule has 2 saturated heterocycles. The number of hydrogen-bond donors (Lipinski definition) is 1. The van der Waals surface area contributed by atoms with Gasteiger partial charge in [-0.3, -0.25) is 4.90 Å². The van der Waals surface area contributed by atoms with E-state index >= 15 is 0 Å². The predicted octanol–water partition coefficient (Wildman–Crippen LogP) is 2.36. The summed E-state index contributed by atoms with van der Waals surface area (Å²) in [6.45, 7) is 6.52. The summed E-state index contributed by atoms with van der Waals surface area (Å²) >= 11 is 0. The lowest BCUT2D eigenvalue weighted by molar-refractivity contribution is -0.0499. The summed E-state index contributed by atoms with van der Waals surface area (Å²) in [7, 11) is 0. The van der Waals surface area contributed by atoms with Gasteiger partial charge in [0.25, 0.3) is 0 Å². The largest absolute Gasteiger partial charge is 0.373 e. The van der Waals surface area contributed by atoms with Crippen molar-refractivity contribution in [1.82, 2.24) is 19.9 Å². The average molecular weight is 349 g/mol. The van der Waals surface area contributed by atoms with E-state index in [9.17, 15) is 0 Å². The molecule has 1 N–H and O–H groups in total. The number of hydrogen-bond acceptors (Lipinski definition) is 5. The van der Waals surface area contributed by atoms with Crippen LogP contribution in [0.25, 0.3) is 11.0 Å². The first-order valence-corrected chi connectivity index (χ1v) is 9.24. The Hall–Kier alpha value is -2.44. The van der Waals surface area contributed by atoms with Crippen LogP contribution < -0.4 is 4.90 Å². The van der Waals surface area contributed by atoms with Gasteiger partial charge in [0, 0.05) is 32.4 Å². The van der Waals surface area contributed by atoms with E-state index in [2.05, 4.69) is 56.2 Å². The smallest absolute Gasteiger partial charge is 0.143 e. The van der Waals surface area contributed by atoms with E-state index in [0.717, 1.165) is 55.5 Å². The highest BCUT2D eigenvalue weighted by Gasteiger charge is 2.41. The van der Waals surface area contributed by atoms with Crippen LogP contribution in [0.4, 0.5) is 5.82 Å². The first-order chi connectivity index (χ1) is 12.8.